The van der Waals surface area contributed by atoms with E-state index < -0.39 is 0 Å². The number of nitrogens with one attached hydrogen (secondary N) is 1. The third-order valence-corrected chi connectivity index (χ3v) is 1.59. The van der Waals surface area contributed by atoms with Crippen LogP contribution in [0.3, 0.4) is 0 Å². The number of piperidine rings is 1. The molecule has 0 aromatic carbocycles. The molecule has 52 valence electrons. The van der Waals surface area contributed by atoms with Gasteiger partial charge in [0.25, 0.3) is 0 Å². The van der Waals surface area contributed by atoms with Gasteiger partial charge in [0.1, 0.15) is 6.29 Å². The number of carbonyl (C=O) groups is 1. The Labute approximate surface area is 54.1 Å². The third kappa shape index (κ3) is 1.77. The Bertz CT molecular complexity index is 97.2. The molecule has 1 heterocycles. The molecule has 0 amide bonds. The standard InChI is InChI=1S/C6H11NO2/c8-4-5-1-2-6(9)3-7-5/h4-7,9H,1-3H2. The highest BCUT2D eigenvalue weighted by atomic mass is 16.3. The second-order valence-corrected chi connectivity index (χ2v) is 2.38. The molecule has 2 atom stereocenters. The summed E-state index contributed by atoms with van der Waals surface area (Å²) in [7, 11) is 0. The fourth-order valence-electron chi connectivity index (χ4n) is 0.980. The van der Waals surface area contributed by atoms with Crippen LogP contribution in [0, 0.1) is 0 Å². The number of aldehydes is 1. The average Bonchev–Trinajstić information content (AvgIpc) is 1.90. The Hall–Kier alpha value is -0.410. The zero-order chi connectivity index (χ0) is 6.69. The third-order valence-electron chi connectivity index (χ3n) is 1.59. The van der Waals surface area contributed by atoms with Crippen LogP contribution in [-0.2, 0) is 4.79 Å². The van der Waals surface area contributed by atoms with Gasteiger partial charge in [-0.2, -0.15) is 0 Å². The van der Waals surface area contributed by atoms with E-state index in [2.05, 4.69) is 5.32 Å². The van der Waals surface area contributed by atoms with E-state index in [1.54, 1.807) is 0 Å². The van der Waals surface area contributed by atoms with Crippen molar-refractivity contribution in [2.24, 2.45) is 0 Å². The van der Waals surface area contributed by atoms with Crippen LogP contribution in [0.2, 0.25) is 0 Å². The predicted molar refractivity (Wildman–Crippen MR) is 33.1 cm³/mol. The first-order valence-electron chi connectivity index (χ1n) is 3.19. The Morgan fingerprint density at radius 1 is 1.56 bits per heavy atom. The van der Waals surface area contributed by atoms with Gasteiger partial charge in [-0.05, 0) is 12.8 Å². The van der Waals surface area contributed by atoms with Crippen LogP contribution in [0.5, 0.6) is 0 Å². The lowest BCUT2D eigenvalue weighted by molar-refractivity contribution is -0.110. The van der Waals surface area contributed by atoms with Crippen molar-refractivity contribution in [2.75, 3.05) is 6.54 Å². The topological polar surface area (TPSA) is 49.3 Å². The molecule has 0 aromatic rings. The molecule has 1 aliphatic heterocycles. The van der Waals surface area contributed by atoms with Gasteiger partial charge in [-0.15, -0.1) is 0 Å². The molecular weight excluding hydrogens is 118 g/mol. The second kappa shape index (κ2) is 2.94. The summed E-state index contributed by atoms with van der Waals surface area (Å²) in [4.78, 5) is 10.1. The molecule has 1 fully saturated rings. The van der Waals surface area contributed by atoms with Crippen LogP contribution in [0.15, 0.2) is 0 Å². The maximum atomic E-state index is 10.1. The summed E-state index contributed by atoms with van der Waals surface area (Å²) in [5, 5.41) is 11.8. The van der Waals surface area contributed by atoms with E-state index in [4.69, 9.17) is 5.11 Å². The van der Waals surface area contributed by atoms with Gasteiger partial charge in [-0.25, -0.2) is 0 Å². The zero-order valence-corrected chi connectivity index (χ0v) is 5.21. The number of carbonyl (C=O) groups excluding carboxylic acids is 1. The molecule has 3 nitrogen and oxygen atoms in total. The van der Waals surface area contributed by atoms with Gasteiger partial charge >= 0.3 is 0 Å². The minimum absolute atomic E-state index is 0.0200. The molecule has 0 radical (unpaired) electrons. The molecular formula is C6H11NO2. The summed E-state index contributed by atoms with van der Waals surface area (Å²) >= 11 is 0. The second-order valence-electron chi connectivity index (χ2n) is 2.38. The number of aliphatic hydroxyl groups is 1. The Balaban J connectivity index is 2.26. The van der Waals surface area contributed by atoms with Gasteiger partial charge in [-0.1, -0.05) is 0 Å². The molecule has 0 saturated carbocycles. The zero-order valence-electron chi connectivity index (χ0n) is 5.21. The summed E-state index contributed by atoms with van der Waals surface area (Å²) in [6, 6.07) is -0.0200. The summed E-state index contributed by atoms with van der Waals surface area (Å²) < 4.78 is 0. The molecule has 0 bridgehead atoms. The molecule has 2 N–H and O–H groups in total. The van der Waals surface area contributed by atoms with Gasteiger partial charge in [-0.3, -0.25) is 0 Å². The molecule has 0 aliphatic carbocycles. The minimum Gasteiger partial charge on any atom is -0.392 e. The summed E-state index contributed by atoms with van der Waals surface area (Å²) in [6.07, 6.45) is 2.16. The molecule has 1 rings (SSSR count). The highest BCUT2D eigenvalue weighted by Gasteiger charge is 2.16. The van der Waals surface area contributed by atoms with Gasteiger partial charge in [0.05, 0.1) is 12.1 Å². The van der Waals surface area contributed by atoms with Crippen LogP contribution in [0.4, 0.5) is 0 Å². The normalized spacial score (nSPS) is 36.1. The van der Waals surface area contributed by atoms with E-state index in [0.29, 0.717) is 6.54 Å². The largest absolute Gasteiger partial charge is 0.392 e. The van der Waals surface area contributed by atoms with E-state index in [0.717, 1.165) is 19.1 Å². The van der Waals surface area contributed by atoms with Crippen molar-refractivity contribution in [3.8, 4) is 0 Å². The lowest BCUT2D eigenvalue weighted by Crippen LogP contribution is -2.42. The molecule has 2 unspecified atom stereocenters. The summed E-state index contributed by atoms with van der Waals surface area (Å²) in [6.45, 7) is 0.559. The molecule has 3 heteroatoms. The van der Waals surface area contributed by atoms with Crippen LogP contribution in [-0.4, -0.2) is 30.1 Å². The Morgan fingerprint density at radius 2 is 2.33 bits per heavy atom. The van der Waals surface area contributed by atoms with Gasteiger partial charge < -0.3 is 15.2 Å². The van der Waals surface area contributed by atoms with Crippen LogP contribution < -0.4 is 5.32 Å². The number of aliphatic hydroxyl groups excluding tert-OH is 1. The number of β-amino-alcohol motifs (C(OH)–C–C–N with tert-alkyl or cyclic N) is 1. The van der Waals surface area contributed by atoms with Crippen molar-refractivity contribution >= 4 is 6.29 Å². The maximum Gasteiger partial charge on any atom is 0.136 e. The fraction of sp³-hybridized carbons (Fsp3) is 0.833. The van der Waals surface area contributed by atoms with E-state index in [-0.39, 0.29) is 12.1 Å². The van der Waals surface area contributed by atoms with E-state index >= 15 is 0 Å². The molecule has 1 saturated heterocycles. The quantitative estimate of drug-likeness (QED) is 0.460. The van der Waals surface area contributed by atoms with Crippen LogP contribution in [0.1, 0.15) is 12.8 Å². The molecule has 9 heavy (non-hydrogen) atoms. The lowest BCUT2D eigenvalue weighted by Gasteiger charge is -2.22. The van der Waals surface area contributed by atoms with Gasteiger partial charge in [0, 0.05) is 6.54 Å². The van der Waals surface area contributed by atoms with E-state index in [1.165, 1.54) is 0 Å². The summed E-state index contributed by atoms with van der Waals surface area (Å²) in [5.41, 5.74) is 0. The van der Waals surface area contributed by atoms with Gasteiger partial charge in [0.2, 0.25) is 0 Å². The average molecular weight is 129 g/mol. The smallest absolute Gasteiger partial charge is 0.136 e. The summed E-state index contributed by atoms with van der Waals surface area (Å²) in [5.74, 6) is 0. The lowest BCUT2D eigenvalue weighted by atomic mass is 10.0. The highest BCUT2D eigenvalue weighted by Crippen LogP contribution is 2.05. The van der Waals surface area contributed by atoms with Crippen molar-refractivity contribution in [1.82, 2.24) is 5.32 Å². The molecule has 0 aromatic heterocycles. The highest BCUT2D eigenvalue weighted by molar-refractivity contribution is 5.57. The number of rotatable bonds is 1. The van der Waals surface area contributed by atoms with Crippen molar-refractivity contribution in [2.45, 2.75) is 25.0 Å². The molecule has 1 aliphatic rings. The minimum atomic E-state index is -0.249. The van der Waals surface area contributed by atoms with Crippen molar-refractivity contribution in [3.05, 3.63) is 0 Å². The van der Waals surface area contributed by atoms with Crippen LogP contribution >= 0.6 is 0 Å². The fourth-order valence-corrected chi connectivity index (χ4v) is 0.980. The van der Waals surface area contributed by atoms with E-state index in [1.807, 2.05) is 0 Å². The Morgan fingerprint density at radius 3 is 2.78 bits per heavy atom. The first-order chi connectivity index (χ1) is 4.33. The predicted octanol–water partition coefficient (Wildman–Crippen LogP) is -0.702. The van der Waals surface area contributed by atoms with Crippen molar-refractivity contribution < 1.29 is 9.90 Å². The van der Waals surface area contributed by atoms with E-state index in [9.17, 15) is 4.79 Å². The monoisotopic (exact) mass is 129 g/mol. The number of hydrogen-bond acceptors (Lipinski definition) is 3. The van der Waals surface area contributed by atoms with Crippen molar-refractivity contribution in [3.63, 3.8) is 0 Å². The van der Waals surface area contributed by atoms with Gasteiger partial charge in [0.15, 0.2) is 0 Å². The van der Waals surface area contributed by atoms with Crippen molar-refractivity contribution in [1.29, 1.82) is 0 Å². The number of hydrogen-bond donors (Lipinski definition) is 2. The first-order valence-corrected chi connectivity index (χ1v) is 3.19. The maximum absolute atomic E-state index is 10.1. The SMILES string of the molecule is O=CC1CCC(O)CN1. The molecule has 0 spiro atoms. The first kappa shape index (κ1) is 6.71. The Kier molecular flexibility index (Phi) is 2.19. The van der Waals surface area contributed by atoms with Crippen LogP contribution in [0.25, 0.3) is 0 Å².